The van der Waals surface area contributed by atoms with E-state index in [9.17, 15) is 22.4 Å². The van der Waals surface area contributed by atoms with E-state index in [2.05, 4.69) is 15.9 Å². The molecule has 1 N–H and O–H groups in total. The van der Waals surface area contributed by atoms with Gasteiger partial charge in [-0.1, -0.05) is 22.0 Å². The van der Waals surface area contributed by atoms with Gasteiger partial charge in [0.1, 0.15) is 0 Å². The standard InChI is InChI=1S/C11H10BrF4NO/c1-6-2-3-7(4-8(6)12)9(18)17-5-11(15,16)10(13)14/h2-4,10H,5H2,1H3,(H,17,18). The molecule has 1 amide bonds. The average Bonchev–Trinajstić information content (AvgIpc) is 2.29. The van der Waals surface area contributed by atoms with Crippen LogP contribution in [0.1, 0.15) is 15.9 Å². The molecule has 0 unspecified atom stereocenters. The van der Waals surface area contributed by atoms with E-state index in [0.29, 0.717) is 4.47 Å². The van der Waals surface area contributed by atoms with Crippen LogP contribution < -0.4 is 5.32 Å². The Morgan fingerprint density at radius 1 is 1.44 bits per heavy atom. The monoisotopic (exact) mass is 327 g/mol. The van der Waals surface area contributed by atoms with Crippen LogP contribution in [0.3, 0.4) is 0 Å². The van der Waals surface area contributed by atoms with Crippen molar-refractivity contribution in [3.63, 3.8) is 0 Å². The first-order chi connectivity index (χ1) is 8.24. The maximum Gasteiger partial charge on any atom is 0.324 e. The molecule has 1 aromatic carbocycles. The summed E-state index contributed by atoms with van der Waals surface area (Å²) in [6, 6.07) is 4.48. The molecule has 0 aromatic heterocycles. The lowest BCUT2D eigenvalue weighted by Gasteiger charge is -2.15. The Morgan fingerprint density at radius 3 is 2.56 bits per heavy atom. The molecule has 1 aromatic rings. The number of hydrogen-bond acceptors (Lipinski definition) is 1. The van der Waals surface area contributed by atoms with Crippen molar-refractivity contribution in [2.24, 2.45) is 0 Å². The van der Waals surface area contributed by atoms with Gasteiger partial charge in [0.25, 0.3) is 5.91 Å². The quantitative estimate of drug-likeness (QED) is 0.844. The van der Waals surface area contributed by atoms with Crippen LogP contribution in [-0.4, -0.2) is 24.8 Å². The number of carbonyl (C=O) groups is 1. The molecule has 0 aliphatic rings. The molecular weight excluding hydrogens is 318 g/mol. The van der Waals surface area contributed by atoms with Crippen molar-refractivity contribution in [1.82, 2.24) is 5.32 Å². The third-order valence-electron chi connectivity index (χ3n) is 2.24. The average molecular weight is 328 g/mol. The second kappa shape index (κ2) is 5.69. The summed E-state index contributed by atoms with van der Waals surface area (Å²) in [6.45, 7) is 0.395. The molecule has 1 rings (SSSR count). The van der Waals surface area contributed by atoms with Crippen molar-refractivity contribution in [2.45, 2.75) is 19.3 Å². The van der Waals surface area contributed by atoms with Crippen molar-refractivity contribution < 1.29 is 22.4 Å². The highest BCUT2D eigenvalue weighted by atomic mass is 79.9. The Hall–Kier alpha value is -1.11. The molecular formula is C11H10BrF4NO. The zero-order valence-electron chi connectivity index (χ0n) is 9.31. The van der Waals surface area contributed by atoms with Gasteiger partial charge in [-0.2, -0.15) is 8.78 Å². The van der Waals surface area contributed by atoms with Gasteiger partial charge in [0.05, 0.1) is 6.54 Å². The summed E-state index contributed by atoms with van der Waals surface area (Å²) in [6.07, 6.45) is -3.80. The highest BCUT2D eigenvalue weighted by Gasteiger charge is 2.40. The van der Waals surface area contributed by atoms with E-state index in [1.54, 1.807) is 18.3 Å². The fourth-order valence-electron chi connectivity index (χ4n) is 1.11. The smallest absolute Gasteiger partial charge is 0.324 e. The molecule has 100 valence electrons. The Morgan fingerprint density at radius 2 is 2.06 bits per heavy atom. The molecule has 0 atom stereocenters. The van der Waals surface area contributed by atoms with Crippen LogP contribution >= 0.6 is 15.9 Å². The second-order valence-electron chi connectivity index (χ2n) is 3.71. The zero-order valence-corrected chi connectivity index (χ0v) is 10.9. The molecule has 0 saturated heterocycles. The van der Waals surface area contributed by atoms with Gasteiger partial charge in [0.15, 0.2) is 0 Å². The predicted octanol–water partition coefficient (Wildman–Crippen LogP) is 3.39. The van der Waals surface area contributed by atoms with Gasteiger partial charge in [0, 0.05) is 10.0 Å². The van der Waals surface area contributed by atoms with Crippen LogP contribution in [0.5, 0.6) is 0 Å². The topological polar surface area (TPSA) is 29.1 Å². The number of halogens is 5. The number of aryl methyl sites for hydroxylation is 1. The van der Waals surface area contributed by atoms with Gasteiger partial charge in [-0.3, -0.25) is 4.79 Å². The fraction of sp³-hybridized carbons (Fsp3) is 0.364. The normalized spacial score (nSPS) is 11.7. The SMILES string of the molecule is Cc1ccc(C(=O)NCC(F)(F)C(F)F)cc1Br. The van der Waals surface area contributed by atoms with Gasteiger partial charge in [-0.25, -0.2) is 8.78 Å². The highest BCUT2D eigenvalue weighted by Crippen LogP contribution is 2.22. The molecule has 0 heterocycles. The van der Waals surface area contributed by atoms with Crippen molar-refractivity contribution >= 4 is 21.8 Å². The number of amides is 1. The molecule has 0 spiro atoms. The number of rotatable bonds is 4. The van der Waals surface area contributed by atoms with Crippen molar-refractivity contribution in [1.29, 1.82) is 0 Å². The maximum atomic E-state index is 12.6. The van der Waals surface area contributed by atoms with Crippen LogP contribution in [0, 0.1) is 6.92 Å². The van der Waals surface area contributed by atoms with Gasteiger partial charge in [-0.15, -0.1) is 0 Å². The third kappa shape index (κ3) is 3.69. The molecule has 0 aliphatic carbocycles. The van der Waals surface area contributed by atoms with Gasteiger partial charge < -0.3 is 5.32 Å². The first-order valence-electron chi connectivity index (χ1n) is 4.94. The van der Waals surface area contributed by atoms with Crippen LogP contribution in [0.2, 0.25) is 0 Å². The van der Waals surface area contributed by atoms with Gasteiger partial charge in [-0.05, 0) is 24.6 Å². The number of hydrogen-bond donors (Lipinski definition) is 1. The fourth-order valence-corrected chi connectivity index (χ4v) is 1.49. The van der Waals surface area contributed by atoms with Gasteiger partial charge >= 0.3 is 12.3 Å². The summed E-state index contributed by atoms with van der Waals surface area (Å²) >= 11 is 3.18. The summed E-state index contributed by atoms with van der Waals surface area (Å²) in [5.74, 6) is -5.05. The number of alkyl halides is 4. The van der Waals surface area contributed by atoms with E-state index < -0.39 is 24.8 Å². The van der Waals surface area contributed by atoms with Crippen LogP contribution in [0.25, 0.3) is 0 Å². The molecule has 0 saturated carbocycles. The Balaban J connectivity index is 2.69. The summed E-state index contributed by atoms with van der Waals surface area (Å²) < 4.78 is 49.6. The molecule has 0 radical (unpaired) electrons. The minimum Gasteiger partial charge on any atom is -0.346 e. The van der Waals surface area contributed by atoms with E-state index in [0.717, 1.165) is 5.56 Å². The summed E-state index contributed by atoms with van der Waals surface area (Å²) in [5.41, 5.74) is 0.988. The molecule has 2 nitrogen and oxygen atoms in total. The van der Waals surface area contributed by atoms with Crippen LogP contribution in [0.15, 0.2) is 22.7 Å². The highest BCUT2D eigenvalue weighted by molar-refractivity contribution is 9.10. The lowest BCUT2D eigenvalue weighted by atomic mass is 10.1. The van der Waals surface area contributed by atoms with E-state index >= 15 is 0 Å². The van der Waals surface area contributed by atoms with E-state index in [4.69, 9.17) is 0 Å². The molecule has 7 heteroatoms. The van der Waals surface area contributed by atoms with Crippen molar-refractivity contribution in [3.05, 3.63) is 33.8 Å². The Bertz CT molecular complexity index is 451. The summed E-state index contributed by atoms with van der Waals surface area (Å²) in [5, 5.41) is 1.78. The lowest BCUT2D eigenvalue weighted by molar-refractivity contribution is -0.123. The van der Waals surface area contributed by atoms with Crippen LogP contribution in [-0.2, 0) is 0 Å². The van der Waals surface area contributed by atoms with Crippen LogP contribution in [0.4, 0.5) is 17.6 Å². The lowest BCUT2D eigenvalue weighted by Crippen LogP contribution is -2.41. The van der Waals surface area contributed by atoms with Gasteiger partial charge in [0.2, 0.25) is 0 Å². The Kier molecular flexibility index (Phi) is 4.72. The van der Waals surface area contributed by atoms with Crippen molar-refractivity contribution in [2.75, 3.05) is 6.54 Å². The zero-order chi connectivity index (χ0) is 13.9. The minimum atomic E-state index is -4.22. The second-order valence-corrected chi connectivity index (χ2v) is 4.56. The van der Waals surface area contributed by atoms with E-state index in [1.807, 2.05) is 0 Å². The van der Waals surface area contributed by atoms with E-state index in [1.165, 1.54) is 12.1 Å². The first kappa shape index (κ1) is 14.9. The minimum absolute atomic E-state index is 0.123. The number of nitrogens with one attached hydrogen (secondary N) is 1. The third-order valence-corrected chi connectivity index (χ3v) is 3.09. The van der Waals surface area contributed by atoms with E-state index in [-0.39, 0.29) is 5.56 Å². The number of carbonyl (C=O) groups excluding carboxylic acids is 1. The number of benzene rings is 1. The molecule has 0 fully saturated rings. The predicted molar refractivity (Wildman–Crippen MR) is 62.2 cm³/mol. The molecule has 0 bridgehead atoms. The maximum absolute atomic E-state index is 12.6. The molecule has 0 aliphatic heterocycles. The summed E-state index contributed by atoms with van der Waals surface area (Å²) in [4.78, 5) is 11.5. The van der Waals surface area contributed by atoms with Crippen molar-refractivity contribution in [3.8, 4) is 0 Å². The first-order valence-corrected chi connectivity index (χ1v) is 5.73. The summed E-state index contributed by atoms with van der Waals surface area (Å²) in [7, 11) is 0. The molecule has 18 heavy (non-hydrogen) atoms. The Labute approximate surface area is 109 Å². The largest absolute Gasteiger partial charge is 0.346 e.